The summed E-state index contributed by atoms with van der Waals surface area (Å²) < 4.78 is 5.35. The van der Waals surface area contributed by atoms with E-state index in [-0.39, 0.29) is 11.3 Å². The number of benzene rings is 1. The van der Waals surface area contributed by atoms with Crippen molar-refractivity contribution in [2.45, 2.75) is 24.7 Å². The summed E-state index contributed by atoms with van der Waals surface area (Å²) >= 11 is 3.31. The minimum atomic E-state index is -0.252. The van der Waals surface area contributed by atoms with Crippen LogP contribution in [0.15, 0.2) is 30.3 Å². The van der Waals surface area contributed by atoms with Crippen molar-refractivity contribution in [2.24, 2.45) is 0 Å². The fourth-order valence-corrected chi connectivity index (χ4v) is 2.46. The van der Waals surface area contributed by atoms with Gasteiger partial charge in [-0.05, 0) is 24.8 Å². The van der Waals surface area contributed by atoms with Crippen molar-refractivity contribution in [3.8, 4) is 0 Å². The lowest BCUT2D eigenvalue weighted by Crippen LogP contribution is -2.35. The molecule has 0 aromatic heterocycles. The third-order valence-corrected chi connectivity index (χ3v) is 3.81. The molecule has 104 valence electrons. The van der Waals surface area contributed by atoms with E-state index >= 15 is 0 Å². The molecule has 0 spiro atoms. The van der Waals surface area contributed by atoms with Gasteiger partial charge in [0.1, 0.15) is 0 Å². The predicted octanol–water partition coefficient (Wildman–Crippen LogP) is 2.64. The van der Waals surface area contributed by atoms with Crippen LogP contribution in [0.5, 0.6) is 0 Å². The zero-order chi connectivity index (χ0) is 13.6. The molecular formula is C15H20BrNO2. The first-order valence-corrected chi connectivity index (χ1v) is 7.89. The summed E-state index contributed by atoms with van der Waals surface area (Å²) in [6.45, 7) is 2.11. The van der Waals surface area contributed by atoms with Crippen LogP contribution in [0, 0.1) is 0 Å². The summed E-state index contributed by atoms with van der Waals surface area (Å²) in [5.41, 5.74) is 0.890. The molecule has 4 heteroatoms. The van der Waals surface area contributed by atoms with Crippen LogP contribution in [0.2, 0.25) is 0 Å². The highest BCUT2D eigenvalue weighted by Crippen LogP contribution is 2.48. The zero-order valence-corrected chi connectivity index (χ0v) is 12.6. The molecule has 1 saturated carbocycles. The normalized spacial score (nSPS) is 16.1. The predicted molar refractivity (Wildman–Crippen MR) is 79.6 cm³/mol. The topological polar surface area (TPSA) is 38.3 Å². The second-order valence-corrected chi connectivity index (χ2v) is 5.65. The number of hydrogen-bond donors (Lipinski definition) is 1. The number of alkyl halides is 1. The highest BCUT2D eigenvalue weighted by molar-refractivity contribution is 9.09. The van der Waals surface area contributed by atoms with E-state index in [1.807, 2.05) is 30.3 Å². The van der Waals surface area contributed by atoms with Gasteiger partial charge >= 0.3 is 0 Å². The fourth-order valence-electron chi connectivity index (χ4n) is 2.23. The quantitative estimate of drug-likeness (QED) is 0.589. The highest BCUT2D eigenvalue weighted by Gasteiger charge is 2.50. The molecular weight excluding hydrogens is 306 g/mol. The van der Waals surface area contributed by atoms with Crippen molar-refractivity contribution in [3.63, 3.8) is 0 Å². The second kappa shape index (κ2) is 7.06. The number of nitrogens with one attached hydrogen (secondary N) is 1. The summed E-state index contributed by atoms with van der Waals surface area (Å²) in [4.78, 5) is 12.3. The summed E-state index contributed by atoms with van der Waals surface area (Å²) in [7, 11) is 0. The summed E-state index contributed by atoms with van der Waals surface area (Å²) in [6.07, 6.45) is 2.79. The summed E-state index contributed by atoms with van der Waals surface area (Å²) in [5, 5.41) is 3.89. The van der Waals surface area contributed by atoms with E-state index in [0.717, 1.165) is 36.8 Å². The molecule has 0 saturated heterocycles. The first-order valence-electron chi connectivity index (χ1n) is 6.77. The van der Waals surface area contributed by atoms with Crippen molar-refractivity contribution in [1.29, 1.82) is 0 Å². The Bertz CT molecular complexity index is 404. The maximum atomic E-state index is 12.3. The van der Waals surface area contributed by atoms with E-state index in [2.05, 4.69) is 21.2 Å². The number of ether oxygens (including phenoxy) is 1. The third kappa shape index (κ3) is 3.80. The van der Waals surface area contributed by atoms with E-state index < -0.39 is 0 Å². The zero-order valence-electron chi connectivity index (χ0n) is 11.0. The lowest BCUT2D eigenvalue weighted by atomic mass is 9.95. The molecule has 1 N–H and O–H groups in total. The van der Waals surface area contributed by atoms with Crippen LogP contribution in [0.25, 0.3) is 0 Å². The molecule has 19 heavy (non-hydrogen) atoms. The Balaban J connectivity index is 1.75. The number of amides is 1. The van der Waals surface area contributed by atoms with Gasteiger partial charge in [-0.25, -0.2) is 0 Å². The van der Waals surface area contributed by atoms with E-state index in [0.29, 0.717) is 13.2 Å². The van der Waals surface area contributed by atoms with Crippen LogP contribution in [0.3, 0.4) is 0 Å². The Morgan fingerprint density at radius 1 is 1.26 bits per heavy atom. The second-order valence-electron chi connectivity index (χ2n) is 4.86. The first-order chi connectivity index (χ1) is 9.29. The molecule has 0 aliphatic heterocycles. The molecule has 1 amide bonds. The van der Waals surface area contributed by atoms with Gasteiger partial charge in [0.2, 0.25) is 5.91 Å². The van der Waals surface area contributed by atoms with Crippen LogP contribution in [-0.2, 0) is 14.9 Å². The van der Waals surface area contributed by atoms with Gasteiger partial charge in [0.05, 0.1) is 12.0 Å². The Morgan fingerprint density at radius 3 is 2.63 bits per heavy atom. The monoisotopic (exact) mass is 325 g/mol. The number of halogens is 1. The van der Waals surface area contributed by atoms with Gasteiger partial charge < -0.3 is 10.1 Å². The molecule has 2 rings (SSSR count). The minimum Gasteiger partial charge on any atom is -0.381 e. The number of carbonyl (C=O) groups is 1. The van der Waals surface area contributed by atoms with E-state index in [1.165, 1.54) is 0 Å². The molecule has 1 aliphatic rings. The molecule has 1 aliphatic carbocycles. The van der Waals surface area contributed by atoms with Crippen LogP contribution in [-0.4, -0.2) is 31.0 Å². The lowest BCUT2D eigenvalue weighted by molar-refractivity contribution is -0.123. The molecule has 0 atom stereocenters. The molecule has 0 bridgehead atoms. The SMILES string of the molecule is O=C(NCCCOCCBr)C1(c2ccccc2)CC1. The average molecular weight is 326 g/mol. The highest BCUT2D eigenvalue weighted by atomic mass is 79.9. The van der Waals surface area contributed by atoms with E-state index in [4.69, 9.17) is 4.74 Å². The molecule has 0 heterocycles. The van der Waals surface area contributed by atoms with Crippen molar-refractivity contribution in [1.82, 2.24) is 5.32 Å². The van der Waals surface area contributed by atoms with Crippen LogP contribution in [0.4, 0.5) is 0 Å². The molecule has 0 unspecified atom stereocenters. The Hall–Kier alpha value is -0.870. The van der Waals surface area contributed by atoms with Gasteiger partial charge in [-0.15, -0.1) is 0 Å². The number of hydrogen-bond acceptors (Lipinski definition) is 2. The number of carbonyl (C=O) groups excluding carboxylic acids is 1. The first kappa shape index (κ1) is 14.5. The van der Waals surface area contributed by atoms with Crippen LogP contribution >= 0.6 is 15.9 Å². The van der Waals surface area contributed by atoms with Crippen LogP contribution < -0.4 is 5.32 Å². The Kier molecular flexibility index (Phi) is 5.40. The smallest absolute Gasteiger partial charge is 0.230 e. The summed E-state index contributed by atoms with van der Waals surface area (Å²) in [5.74, 6) is 0.166. The standard InChI is InChI=1S/C15H20BrNO2/c16-9-12-19-11-4-10-17-14(18)15(7-8-15)13-5-2-1-3-6-13/h1-3,5-6H,4,7-12H2,(H,17,18). The Labute approximate surface area is 122 Å². The van der Waals surface area contributed by atoms with Crippen molar-refractivity contribution in [3.05, 3.63) is 35.9 Å². The van der Waals surface area contributed by atoms with Gasteiger partial charge in [0.15, 0.2) is 0 Å². The summed E-state index contributed by atoms with van der Waals surface area (Å²) in [6, 6.07) is 10.1. The molecule has 1 aromatic carbocycles. The van der Waals surface area contributed by atoms with Gasteiger partial charge in [-0.2, -0.15) is 0 Å². The maximum absolute atomic E-state index is 12.3. The van der Waals surface area contributed by atoms with Crippen LogP contribution in [0.1, 0.15) is 24.8 Å². The average Bonchev–Trinajstić information content (AvgIpc) is 3.25. The molecule has 3 nitrogen and oxygen atoms in total. The fraction of sp³-hybridized carbons (Fsp3) is 0.533. The van der Waals surface area contributed by atoms with E-state index in [9.17, 15) is 4.79 Å². The largest absolute Gasteiger partial charge is 0.381 e. The van der Waals surface area contributed by atoms with Gasteiger partial charge in [0.25, 0.3) is 0 Å². The maximum Gasteiger partial charge on any atom is 0.230 e. The van der Waals surface area contributed by atoms with Crippen molar-refractivity contribution < 1.29 is 9.53 Å². The molecule has 0 radical (unpaired) electrons. The van der Waals surface area contributed by atoms with Crippen molar-refractivity contribution in [2.75, 3.05) is 25.1 Å². The number of rotatable bonds is 8. The van der Waals surface area contributed by atoms with Gasteiger partial charge in [-0.1, -0.05) is 46.3 Å². The molecule has 1 fully saturated rings. The van der Waals surface area contributed by atoms with Gasteiger partial charge in [-0.3, -0.25) is 4.79 Å². The third-order valence-electron chi connectivity index (χ3n) is 3.48. The van der Waals surface area contributed by atoms with E-state index in [1.54, 1.807) is 0 Å². The molecule has 1 aromatic rings. The minimum absolute atomic E-state index is 0.166. The Morgan fingerprint density at radius 2 is 2.00 bits per heavy atom. The lowest BCUT2D eigenvalue weighted by Gasteiger charge is -2.15. The van der Waals surface area contributed by atoms with Gasteiger partial charge in [0, 0.05) is 18.5 Å². The van der Waals surface area contributed by atoms with Crippen molar-refractivity contribution >= 4 is 21.8 Å².